The molecule has 0 amide bonds. The third kappa shape index (κ3) is 5.26. The second kappa shape index (κ2) is 9.10. The Morgan fingerprint density at radius 1 is 0.962 bits per heavy atom. The van der Waals surface area contributed by atoms with Crippen LogP contribution < -0.4 is 4.90 Å². The van der Waals surface area contributed by atoms with Crippen molar-refractivity contribution in [3.05, 3.63) is 59.7 Å². The largest absolute Gasteiger partial charge is 0.369 e. The first-order valence-electron chi connectivity index (χ1n) is 9.41. The van der Waals surface area contributed by atoms with Crippen molar-refractivity contribution in [3.8, 4) is 0 Å². The number of aromatic nitrogens is 1. The van der Waals surface area contributed by atoms with Gasteiger partial charge in [-0.05, 0) is 62.3 Å². The van der Waals surface area contributed by atoms with Gasteiger partial charge in [0.05, 0.1) is 5.69 Å². The van der Waals surface area contributed by atoms with Crippen LogP contribution in [0.1, 0.15) is 24.0 Å². The quantitative estimate of drug-likeness (QED) is 0.723. The minimum Gasteiger partial charge on any atom is -0.369 e. The van der Waals surface area contributed by atoms with Gasteiger partial charge in [0, 0.05) is 51.7 Å². The lowest BCUT2D eigenvalue weighted by Gasteiger charge is -2.25. The van der Waals surface area contributed by atoms with E-state index in [-0.39, 0.29) is 5.82 Å². The van der Waals surface area contributed by atoms with Gasteiger partial charge >= 0.3 is 0 Å². The average molecular weight is 356 g/mol. The summed E-state index contributed by atoms with van der Waals surface area (Å²) in [5, 5.41) is 0. The molecule has 0 radical (unpaired) electrons. The summed E-state index contributed by atoms with van der Waals surface area (Å²) in [6, 6.07) is 9.82. The lowest BCUT2D eigenvalue weighted by molar-refractivity contribution is 0.226. The van der Waals surface area contributed by atoms with Gasteiger partial charge in [-0.1, -0.05) is 6.07 Å². The van der Waals surface area contributed by atoms with Crippen molar-refractivity contribution in [2.24, 2.45) is 0 Å². The van der Waals surface area contributed by atoms with Crippen LogP contribution in [0, 0.1) is 5.82 Å². The molecule has 0 atom stereocenters. The Bertz CT molecular complexity index is 684. The smallest absolute Gasteiger partial charge is 0.146 e. The number of rotatable bonds is 8. The van der Waals surface area contributed by atoms with Crippen LogP contribution in [0.2, 0.25) is 0 Å². The summed E-state index contributed by atoms with van der Waals surface area (Å²) in [4.78, 5) is 10.8. The van der Waals surface area contributed by atoms with Gasteiger partial charge in [0.1, 0.15) is 5.82 Å². The summed E-state index contributed by atoms with van der Waals surface area (Å²) >= 11 is 0. The van der Waals surface area contributed by atoms with Crippen LogP contribution in [0.4, 0.5) is 10.1 Å². The first-order chi connectivity index (χ1) is 12.6. The summed E-state index contributed by atoms with van der Waals surface area (Å²) < 4.78 is 14.6. The van der Waals surface area contributed by atoms with E-state index in [0.29, 0.717) is 0 Å². The molecule has 140 valence electrons. The van der Waals surface area contributed by atoms with Crippen LogP contribution in [0.3, 0.4) is 0 Å². The van der Waals surface area contributed by atoms with Gasteiger partial charge in [-0.2, -0.15) is 0 Å². The number of anilines is 1. The van der Waals surface area contributed by atoms with Crippen LogP contribution in [0.15, 0.2) is 42.7 Å². The van der Waals surface area contributed by atoms with E-state index < -0.39 is 0 Å². The minimum atomic E-state index is -0.0964. The fourth-order valence-electron chi connectivity index (χ4n) is 3.42. The van der Waals surface area contributed by atoms with Gasteiger partial charge in [0.15, 0.2) is 0 Å². The fraction of sp³-hybridized carbons (Fsp3) is 0.476. The monoisotopic (exact) mass is 356 g/mol. The first kappa shape index (κ1) is 18.8. The molecular formula is C21H29FN4. The molecule has 0 bridgehead atoms. The minimum absolute atomic E-state index is 0.0964. The van der Waals surface area contributed by atoms with Crippen molar-refractivity contribution in [1.29, 1.82) is 0 Å². The normalized spacial score (nSPS) is 14.6. The molecule has 1 aliphatic heterocycles. The van der Waals surface area contributed by atoms with Gasteiger partial charge < -0.3 is 9.80 Å². The Hall–Kier alpha value is -1.98. The molecule has 1 aromatic carbocycles. The molecule has 2 aromatic rings. The molecule has 1 aromatic heterocycles. The summed E-state index contributed by atoms with van der Waals surface area (Å²) in [5.74, 6) is -0.0964. The molecule has 26 heavy (non-hydrogen) atoms. The maximum Gasteiger partial charge on any atom is 0.146 e. The van der Waals surface area contributed by atoms with Crippen LogP contribution in [0.5, 0.6) is 0 Å². The second-order valence-electron chi connectivity index (χ2n) is 7.35. The van der Waals surface area contributed by atoms with Crippen LogP contribution in [0.25, 0.3) is 0 Å². The zero-order valence-electron chi connectivity index (χ0n) is 15.9. The van der Waals surface area contributed by atoms with E-state index in [1.165, 1.54) is 5.56 Å². The Labute approximate surface area is 156 Å². The van der Waals surface area contributed by atoms with Crippen LogP contribution >= 0.6 is 0 Å². The molecule has 1 fully saturated rings. The number of benzene rings is 1. The molecule has 0 unspecified atom stereocenters. The Kier molecular flexibility index (Phi) is 6.58. The number of hydrogen-bond donors (Lipinski definition) is 0. The molecule has 3 rings (SSSR count). The van der Waals surface area contributed by atoms with Gasteiger partial charge in [0.2, 0.25) is 0 Å². The molecule has 2 heterocycles. The predicted molar refractivity (Wildman–Crippen MR) is 105 cm³/mol. The Morgan fingerprint density at radius 2 is 1.65 bits per heavy atom. The van der Waals surface area contributed by atoms with Crippen molar-refractivity contribution in [1.82, 2.24) is 14.8 Å². The van der Waals surface area contributed by atoms with E-state index in [1.807, 2.05) is 30.6 Å². The lowest BCUT2D eigenvalue weighted by Crippen LogP contribution is -2.31. The predicted octanol–water partition coefficient (Wildman–Crippen LogP) is 3.38. The summed E-state index contributed by atoms with van der Waals surface area (Å²) in [5.41, 5.74) is 3.01. The highest BCUT2D eigenvalue weighted by Crippen LogP contribution is 2.25. The zero-order chi connectivity index (χ0) is 18.4. The first-order valence-corrected chi connectivity index (χ1v) is 9.41. The van der Waals surface area contributed by atoms with E-state index in [4.69, 9.17) is 0 Å². The van der Waals surface area contributed by atoms with Gasteiger partial charge in [-0.25, -0.2) is 4.39 Å². The second-order valence-corrected chi connectivity index (χ2v) is 7.35. The van der Waals surface area contributed by atoms with Gasteiger partial charge in [-0.3, -0.25) is 9.88 Å². The van der Waals surface area contributed by atoms with E-state index in [1.54, 1.807) is 6.07 Å². The highest BCUT2D eigenvalue weighted by atomic mass is 19.1. The molecule has 0 N–H and O–H groups in total. The molecule has 0 spiro atoms. The van der Waals surface area contributed by atoms with E-state index >= 15 is 0 Å². The topological polar surface area (TPSA) is 22.6 Å². The van der Waals surface area contributed by atoms with Gasteiger partial charge in [0.25, 0.3) is 0 Å². The van der Waals surface area contributed by atoms with Crippen LogP contribution in [-0.4, -0.2) is 55.1 Å². The molecule has 0 aliphatic carbocycles. The third-order valence-corrected chi connectivity index (χ3v) is 4.88. The van der Waals surface area contributed by atoms with E-state index in [9.17, 15) is 4.39 Å². The summed E-state index contributed by atoms with van der Waals surface area (Å²) in [6.07, 6.45) is 5.96. The number of pyridine rings is 1. The molecule has 4 nitrogen and oxygen atoms in total. The summed E-state index contributed by atoms with van der Waals surface area (Å²) in [7, 11) is 4.16. The van der Waals surface area contributed by atoms with E-state index in [2.05, 4.69) is 39.8 Å². The molecular weight excluding hydrogens is 327 g/mol. The third-order valence-electron chi connectivity index (χ3n) is 4.88. The van der Waals surface area contributed by atoms with Crippen molar-refractivity contribution in [2.75, 3.05) is 45.2 Å². The van der Waals surface area contributed by atoms with Crippen molar-refractivity contribution < 1.29 is 4.39 Å². The maximum atomic E-state index is 14.6. The van der Waals surface area contributed by atoms with Crippen molar-refractivity contribution >= 4 is 5.69 Å². The number of likely N-dealkylation sites (N-methyl/N-ethyl adjacent to an activating group) is 1. The maximum absolute atomic E-state index is 14.6. The standard InChI is InChI=1S/C21H29FN4/c1-24(2)13-14-25(16-18-7-9-23-10-8-18)17-19-5-6-21(20(22)15-19)26-11-3-4-12-26/h5-10,15H,3-4,11-14,16-17H2,1-2H3. The highest BCUT2D eigenvalue weighted by Gasteiger charge is 2.17. The lowest BCUT2D eigenvalue weighted by atomic mass is 10.1. The van der Waals surface area contributed by atoms with Crippen molar-refractivity contribution in [3.63, 3.8) is 0 Å². The molecule has 5 heteroatoms. The summed E-state index contributed by atoms with van der Waals surface area (Å²) in [6.45, 7) is 5.42. The molecule has 1 saturated heterocycles. The number of hydrogen-bond acceptors (Lipinski definition) is 4. The highest BCUT2D eigenvalue weighted by molar-refractivity contribution is 5.49. The molecule has 0 saturated carbocycles. The molecule has 1 aliphatic rings. The van der Waals surface area contributed by atoms with Crippen molar-refractivity contribution in [2.45, 2.75) is 25.9 Å². The zero-order valence-corrected chi connectivity index (χ0v) is 15.9. The Morgan fingerprint density at radius 3 is 2.31 bits per heavy atom. The number of halogens is 1. The number of nitrogens with zero attached hydrogens (tertiary/aromatic N) is 4. The Balaban J connectivity index is 1.69. The van der Waals surface area contributed by atoms with Gasteiger partial charge in [-0.15, -0.1) is 0 Å². The van der Waals surface area contributed by atoms with E-state index in [0.717, 1.165) is 63.4 Å². The fourth-order valence-corrected chi connectivity index (χ4v) is 3.42. The average Bonchev–Trinajstić information content (AvgIpc) is 3.15. The SMILES string of the molecule is CN(C)CCN(Cc1ccncc1)Cc1ccc(N2CCCC2)c(F)c1. The van der Waals surface area contributed by atoms with Crippen LogP contribution in [-0.2, 0) is 13.1 Å².